The summed E-state index contributed by atoms with van der Waals surface area (Å²) in [5.41, 5.74) is 0. The van der Waals surface area contributed by atoms with Gasteiger partial charge in [-0.2, -0.15) is 0 Å². The van der Waals surface area contributed by atoms with E-state index in [-0.39, 0.29) is 11.9 Å². The number of ether oxygens (including phenoxy) is 1. The van der Waals surface area contributed by atoms with E-state index in [2.05, 4.69) is 45.1 Å². The Morgan fingerprint density at radius 3 is 1.84 bits per heavy atom. The molecule has 0 aromatic heterocycles. The Hall–Kier alpha value is -0.680. The number of unbranched alkanes of at least 4 members (excludes halogenated alkanes) is 12. The summed E-state index contributed by atoms with van der Waals surface area (Å²) in [7, 11) is 4.22. The van der Waals surface area contributed by atoms with Crippen LogP contribution in [0.3, 0.4) is 0 Å². The maximum atomic E-state index is 14.7. The molecule has 1 N–H and O–H groups in total. The Kier molecular flexibility index (Phi) is 27.4. The number of nitrogens with zero attached hydrogens (tertiary/aromatic N) is 1. The molecule has 0 radical (unpaired) electrons. The van der Waals surface area contributed by atoms with E-state index in [9.17, 15) is 9.18 Å². The molecule has 0 aromatic carbocycles. The first-order valence-electron chi connectivity index (χ1n) is 16.6. The lowest BCUT2D eigenvalue weighted by molar-refractivity contribution is -0.150. The second-order valence-electron chi connectivity index (χ2n) is 11.9. The van der Waals surface area contributed by atoms with E-state index in [1.165, 1.54) is 64.2 Å². The molecule has 38 heavy (non-hydrogen) atoms. The van der Waals surface area contributed by atoms with Gasteiger partial charge in [0.15, 0.2) is 0 Å². The van der Waals surface area contributed by atoms with E-state index in [0.29, 0.717) is 25.5 Å². The fourth-order valence-corrected chi connectivity index (χ4v) is 5.19. The third-order valence-electron chi connectivity index (χ3n) is 7.73. The van der Waals surface area contributed by atoms with Gasteiger partial charge in [0.25, 0.3) is 0 Å². The van der Waals surface area contributed by atoms with Crippen LogP contribution in [-0.4, -0.2) is 56.9 Å². The minimum absolute atomic E-state index is 0.167. The molecule has 0 aromatic rings. The van der Waals surface area contributed by atoms with Crippen molar-refractivity contribution in [3.05, 3.63) is 0 Å². The number of nitrogens with one attached hydrogen (secondary N) is 1. The summed E-state index contributed by atoms with van der Waals surface area (Å²) in [5, 5.41) is 3.73. The molecule has 0 rings (SSSR count). The SMILES string of the molecule is CCCCCCCCCC(CCOC(=O)C(CCCCCC)CC(F)CCCCCC)NCCCN(C)C. The van der Waals surface area contributed by atoms with Crippen LogP contribution in [0.2, 0.25) is 0 Å². The normalized spacial score (nSPS) is 14.1. The van der Waals surface area contributed by atoms with Crippen molar-refractivity contribution in [1.29, 1.82) is 0 Å². The zero-order valence-electron chi connectivity index (χ0n) is 26.3. The molecule has 0 aliphatic rings. The number of rotatable bonds is 29. The van der Waals surface area contributed by atoms with Gasteiger partial charge in [0.05, 0.1) is 12.5 Å². The van der Waals surface area contributed by atoms with Crippen LogP contribution >= 0.6 is 0 Å². The number of halogens is 1. The quantitative estimate of drug-likeness (QED) is 0.0755. The van der Waals surface area contributed by atoms with Crippen LogP contribution in [-0.2, 0) is 9.53 Å². The summed E-state index contributed by atoms with van der Waals surface area (Å²) >= 11 is 0. The Balaban J connectivity index is 4.64. The van der Waals surface area contributed by atoms with Gasteiger partial charge in [0.2, 0.25) is 0 Å². The molecular weight excluding hydrogens is 475 g/mol. The van der Waals surface area contributed by atoms with Crippen LogP contribution in [0.5, 0.6) is 0 Å². The molecule has 0 aliphatic heterocycles. The second kappa shape index (κ2) is 27.9. The van der Waals surface area contributed by atoms with Gasteiger partial charge in [0.1, 0.15) is 6.17 Å². The number of alkyl halides is 1. The van der Waals surface area contributed by atoms with E-state index < -0.39 is 6.17 Å². The summed E-state index contributed by atoms with van der Waals surface area (Å²) in [6.07, 6.45) is 21.9. The second-order valence-corrected chi connectivity index (χ2v) is 11.9. The van der Waals surface area contributed by atoms with E-state index in [4.69, 9.17) is 4.74 Å². The molecule has 0 bridgehead atoms. The van der Waals surface area contributed by atoms with E-state index in [1.807, 2.05) is 0 Å². The van der Waals surface area contributed by atoms with Crippen molar-refractivity contribution in [3.63, 3.8) is 0 Å². The highest BCUT2D eigenvalue weighted by molar-refractivity contribution is 5.72. The van der Waals surface area contributed by atoms with Gasteiger partial charge in [-0.25, -0.2) is 4.39 Å². The summed E-state index contributed by atoms with van der Waals surface area (Å²) in [5.74, 6) is -0.456. The topological polar surface area (TPSA) is 41.6 Å². The van der Waals surface area contributed by atoms with Gasteiger partial charge in [-0.3, -0.25) is 4.79 Å². The molecular formula is C33H67FN2O2. The highest BCUT2D eigenvalue weighted by Crippen LogP contribution is 2.23. The molecule has 3 unspecified atom stereocenters. The van der Waals surface area contributed by atoms with Crippen molar-refractivity contribution in [2.75, 3.05) is 33.8 Å². The van der Waals surface area contributed by atoms with Crippen molar-refractivity contribution in [2.45, 2.75) is 168 Å². The van der Waals surface area contributed by atoms with Crippen LogP contribution in [0.4, 0.5) is 4.39 Å². The largest absolute Gasteiger partial charge is 0.465 e. The molecule has 0 fully saturated rings. The predicted octanol–water partition coefficient (Wildman–Crippen LogP) is 9.26. The fraction of sp³-hybridized carbons (Fsp3) is 0.970. The number of carbonyl (C=O) groups excluding carboxylic acids is 1. The Labute approximate surface area is 237 Å². The predicted molar refractivity (Wildman–Crippen MR) is 164 cm³/mol. The summed E-state index contributed by atoms with van der Waals surface area (Å²) < 4.78 is 20.5. The third-order valence-corrected chi connectivity index (χ3v) is 7.73. The minimum Gasteiger partial charge on any atom is -0.465 e. The van der Waals surface area contributed by atoms with Gasteiger partial charge in [-0.05, 0) is 65.7 Å². The molecule has 0 aliphatic carbocycles. The monoisotopic (exact) mass is 543 g/mol. The minimum atomic E-state index is -0.890. The average Bonchev–Trinajstić information content (AvgIpc) is 2.89. The fourth-order valence-electron chi connectivity index (χ4n) is 5.19. The number of esters is 1. The van der Waals surface area contributed by atoms with Gasteiger partial charge in [-0.1, -0.05) is 117 Å². The van der Waals surface area contributed by atoms with E-state index in [1.54, 1.807) is 0 Å². The van der Waals surface area contributed by atoms with Gasteiger partial charge < -0.3 is 15.0 Å². The Morgan fingerprint density at radius 2 is 1.24 bits per heavy atom. The molecule has 0 saturated carbocycles. The molecule has 3 atom stereocenters. The summed E-state index contributed by atoms with van der Waals surface area (Å²) in [4.78, 5) is 15.2. The van der Waals surface area contributed by atoms with E-state index in [0.717, 1.165) is 70.9 Å². The Bertz CT molecular complexity index is 503. The first-order chi connectivity index (χ1) is 18.4. The maximum Gasteiger partial charge on any atom is 0.309 e. The molecule has 0 saturated heterocycles. The van der Waals surface area contributed by atoms with Crippen molar-refractivity contribution < 1.29 is 13.9 Å². The molecule has 5 heteroatoms. The smallest absolute Gasteiger partial charge is 0.309 e. The van der Waals surface area contributed by atoms with Crippen LogP contribution in [0, 0.1) is 5.92 Å². The molecule has 0 heterocycles. The van der Waals surface area contributed by atoms with Crippen molar-refractivity contribution >= 4 is 5.97 Å². The Morgan fingerprint density at radius 1 is 0.711 bits per heavy atom. The zero-order valence-corrected chi connectivity index (χ0v) is 26.3. The third kappa shape index (κ3) is 24.4. The first kappa shape index (κ1) is 37.3. The molecule has 4 nitrogen and oxygen atoms in total. The standard InChI is InChI=1S/C33H67FN2O2/c1-6-9-12-15-16-17-20-24-32(35-26-21-27-36(4)5)25-28-38-33(37)30(22-18-13-10-7-2)29-31(34)23-19-14-11-8-3/h30-32,35H,6-29H2,1-5H3. The molecule has 0 spiro atoms. The van der Waals surface area contributed by atoms with Crippen LogP contribution in [0.15, 0.2) is 0 Å². The van der Waals surface area contributed by atoms with Crippen LogP contribution < -0.4 is 5.32 Å². The number of hydrogen-bond acceptors (Lipinski definition) is 4. The summed E-state index contributed by atoms with van der Waals surface area (Å²) in [6, 6.07) is 0.385. The zero-order chi connectivity index (χ0) is 28.3. The summed E-state index contributed by atoms with van der Waals surface area (Å²) in [6.45, 7) is 9.15. The lowest BCUT2D eigenvalue weighted by Gasteiger charge is -2.21. The van der Waals surface area contributed by atoms with Gasteiger partial charge in [0, 0.05) is 6.04 Å². The lowest BCUT2D eigenvalue weighted by Crippen LogP contribution is -2.33. The highest BCUT2D eigenvalue weighted by atomic mass is 19.1. The first-order valence-corrected chi connectivity index (χ1v) is 16.6. The van der Waals surface area contributed by atoms with Crippen molar-refractivity contribution in [3.8, 4) is 0 Å². The van der Waals surface area contributed by atoms with Crippen molar-refractivity contribution in [2.24, 2.45) is 5.92 Å². The molecule has 228 valence electrons. The number of hydrogen-bond donors (Lipinski definition) is 1. The number of carbonyl (C=O) groups is 1. The van der Waals surface area contributed by atoms with E-state index >= 15 is 0 Å². The highest BCUT2D eigenvalue weighted by Gasteiger charge is 2.24. The maximum absolute atomic E-state index is 14.7. The van der Waals surface area contributed by atoms with Crippen LogP contribution in [0.25, 0.3) is 0 Å². The van der Waals surface area contributed by atoms with Crippen molar-refractivity contribution in [1.82, 2.24) is 10.2 Å². The van der Waals surface area contributed by atoms with Crippen LogP contribution in [0.1, 0.15) is 156 Å². The average molecular weight is 543 g/mol. The lowest BCUT2D eigenvalue weighted by atomic mass is 9.93. The van der Waals surface area contributed by atoms with Gasteiger partial charge >= 0.3 is 5.97 Å². The molecule has 0 amide bonds. The van der Waals surface area contributed by atoms with Gasteiger partial charge in [-0.15, -0.1) is 0 Å².